The van der Waals surface area contributed by atoms with E-state index in [0.29, 0.717) is 22.7 Å². The molecule has 0 fully saturated rings. The van der Waals surface area contributed by atoms with Gasteiger partial charge in [0.1, 0.15) is 5.75 Å². The molecule has 1 atom stereocenters. The average Bonchev–Trinajstić information content (AvgIpc) is 2.49. The third-order valence-electron chi connectivity index (χ3n) is 3.56. The van der Waals surface area contributed by atoms with Crippen LogP contribution >= 0.6 is 0 Å². The summed E-state index contributed by atoms with van der Waals surface area (Å²) in [6.45, 7) is 3.57. The van der Waals surface area contributed by atoms with Gasteiger partial charge in [-0.2, -0.15) is 0 Å². The Balaban J connectivity index is 1.82. The number of hydrogen-bond acceptors (Lipinski definition) is 3. The van der Waals surface area contributed by atoms with Crippen molar-refractivity contribution >= 4 is 23.2 Å². The van der Waals surface area contributed by atoms with E-state index in [1.807, 2.05) is 25.1 Å². The average molecular weight is 296 g/mol. The van der Waals surface area contributed by atoms with E-state index in [1.54, 1.807) is 31.2 Å². The molecule has 2 aromatic carbocycles. The van der Waals surface area contributed by atoms with Gasteiger partial charge in [0.2, 0.25) is 0 Å². The van der Waals surface area contributed by atoms with Crippen LogP contribution in [0.4, 0.5) is 11.4 Å². The van der Waals surface area contributed by atoms with Gasteiger partial charge in [0.25, 0.3) is 11.8 Å². The van der Waals surface area contributed by atoms with E-state index in [-0.39, 0.29) is 11.8 Å². The van der Waals surface area contributed by atoms with Gasteiger partial charge in [-0.1, -0.05) is 18.2 Å². The first-order valence-electron chi connectivity index (χ1n) is 7.03. The molecular formula is C17H16N2O3. The molecule has 5 nitrogen and oxygen atoms in total. The maximum atomic E-state index is 12.3. The maximum Gasteiger partial charge on any atom is 0.265 e. The van der Waals surface area contributed by atoms with Gasteiger partial charge in [0, 0.05) is 11.3 Å². The highest BCUT2D eigenvalue weighted by atomic mass is 16.5. The molecule has 5 heteroatoms. The van der Waals surface area contributed by atoms with E-state index in [4.69, 9.17) is 4.74 Å². The lowest BCUT2D eigenvalue weighted by atomic mass is 10.1. The summed E-state index contributed by atoms with van der Waals surface area (Å²) in [5.41, 5.74) is 2.69. The summed E-state index contributed by atoms with van der Waals surface area (Å²) >= 11 is 0. The van der Waals surface area contributed by atoms with Crippen LogP contribution in [0.2, 0.25) is 0 Å². The normalized spacial score (nSPS) is 16.3. The van der Waals surface area contributed by atoms with Crippen LogP contribution in [-0.2, 0) is 4.79 Å². The Hall–Kier alpha value is -2.82. The second kappa shape index (κ2) is 5.52. The predicted octanol–water partition coefficient (Wildman–Crippen LogP) is 2.97. The van der Waals surface area contributed by atoms with E-state index in [1.165, 1.54) is 0 Å². The van der Waals surface area contributed by atoms with Crippen molar-refractivity contribution in [2.24, 2.45) is 0 Å². The zero-order chi connectivity index (χ0) is 15.7. The van der Waals surface area contributed by atoms with Crippen LogP contribution in [0, 0.1) is 6.92 Å². The van der Waals surface area contributed by atoms with Gasteiger partial charge in [-0.15, -0.1) is 0 Å². The van der Waals surface area contributed by atoms with Crippen molar-refractivity contribution in [3.8, 4) is 5.75 Å². The lowest BCUT2D eigenvalue weighted by Crippen LogP contribution is -2.34. The van der Waals surface area contributed by atoms with Crippen molar-refractivity contribution in [3.05, 3.63) is 53.6 Å². The molecule has 2 N–H and O–H groups in total. The number of ether oxygens (including phenoxy) is 1. The number of amides is 2. The minimum absolute atomic E-state index is 0.186. The van der Waals surface area contributed by atoms with Crippen molar-refractivity contribution in [3.63, 3.8) is 0 Å². The van der Waals surface area contributed by atoms with Gasteiger partial charge in [-0.3, -0.25) is 9.59 Å². The molecule has 0 saturated heterocycles. The van der Waals surface area contributed by atoms with Crippen LogP contribution in [0.15, 0.2) is 42.5 Å². The zero-order valence-electron chi connectivity index (χ0n) is 12.3. The second-order valence-corrected chi connectivity index (χ2v) is 5.23. The molecule has 1 heterocycles. The van der Waals surface area contributed by atoms with Crippen molar-refractivity contribution in [1.82, 2.24) is 0 Å². The van der Waals surface area contributed by atoms with Gasteiger partial charge in [-0.05, 0) is 43.7 Å². The van der Waals surface area contributed by atoms with Crippen molar-refractivity contribution < 1.29 is 14.3 Å². The Morgan fingerprint density at radius 2 is 2.00 bits per heavy atom. The summed E-state index contributed by atoms with van der Waals surface area (Å²) in [4.78, 5) is 23.9. The summed E-state index contributed by atoms with van der Waals surface area (Å²) < 4.78 is 5.48. The van der Waals surface area contributed by atoms with Crippen LogP contribution in [0.5, 0.6) is 5.75 Å². The van der Waals surface area contributed by atoms with E-state index in [2.05, 4.69) is 10.6 Å². The van der Waals surface area contributed by atoms with Gasteiger partial charge in [0.15, 0.2) is 6.10 Å². The molecule has 3 rings (SSSR count). The summed E-state index contributed by atoms with van der Waals surface area (Å²) in [7, 11) is 0. The lowest BCUT2D eigenvalue weighted by Gasteiger charge is -2.23. The smallest absolute Gasteiger partial charge is 0.265 e. The summed E-state index contributed by atoms with van der Waals surface area (Å²) in [5.74, 6) is 0.213. The number of carbonyl (C=O) groups is 2. The molecule has 1 aliphatic heterocycles. The summed E-state index contributed by atoms with van der Waals surface area (Å²) in [6, 6.07) is 12.5. The second-order valence-electron chi connectivity index (χ2n) is 5.23. The number of hydrogen-bond donors (Lipinski definition) is 2. The van der Waals surface area contributed by atoms with Crippen LogP contribution < -0.4 is 15.4 Å². The SMILES string of the molecule is Cc1ccccc1C(=O)Nc1ccc2c(c1)NC(=O)[C@H](C)O2. The van der Waals surface area contributed by atoms with Gasteiger partial charge < -0.3 is 15.4 Å². The highest BCUT2D eigenvalue weighted by Crippen LogP contribution is 2.32. The topological polar surface area (TPSA) is 67.4 Å². The number of carbonyl (C=O) groups excluding carboxylic acids is 2. The van der Waals surface area contributed by atoms with Crippen molar-refractivity contribution in [2.45, 2.75) is 20.0 Å². The molecule has 0 bridgehead atoms. The molecule has 22 heavy (non-hydrogen) atoms. The fraction of sp³-hybridized carbons (Fsp3) is 0.176. The molecule has 2 aromatic rings. The lowest BCUT2D eigenvalue weighted by molar-refractivity contribution is -0.122. The van der Waals surface area contributed by atoms with Crippen LogP contribution in [0.3, 0.4) is 0 Å². The Labute approximate surface area is 128 Å². The van der Waals surface area contributed by atoms with Crippen molar-refractivity contribution in [1.29, 1.82) is 0 Å². The highest BCUT2D eigenvalue weighted by Gasteiger charge is 2.23. The minimum Gasteiger partial charge on any atom is -0.479 e. The number of fused-ring (bicyclic) bond motifs is 1. The number of anilines is 2. The van der Waals surface area contributed by atoms with Crippen LogP contribution in [0.25, 0.3) is 0 Å². The molecular weight excluding hydrogens is 280 g/mol. The first-order valence-corrected chi connectivity index (χ1v) is 7.03. The standard InChI is InChI=1S/C17H16N2O3/c1-10-5-3-4-6-13(10)17(21)18-12-7-8-15-14(9-12)19-16(20)11(2)22-15/h3-9,11H,1-2H3,(H,18,21)(H,19,20)/t11-/m0/s1. The Kier molecular flexibility index (Phi) is 3.55. The van der Waals surface area contributed by atoms with Gasteiger partial charge in [-0.25, -0.2) is 0 Å². The molecule has 0 saturated carbocycles. The first kappa shape index (κ1) is 14.1. The monoisotopic (exact) mass is 296 g/mol. The quantitative estimate of drug-likeness (QED) is 0.895. The molecule has 0 unspecified atom stereocenters. The fourth-order valence-electron chi connectivity index (χ4n) is 2.31. The third kappa shape index (κ3) is 2.65. The maximum absolute atomic E-state index is 12.3. The largest absolute Gasteiger partial charge is 0.479 e. The molecule has 0 aromatic heterocycles. The predicted molar refractivity (Wildman–Crippen MR) is 84.3 cm³/mol. The first-order chi connectivity index (χ1) is 10.5. The zero-order valence-corrected chi connectivity index (χ0v) is 12.3. The molecule has 0 spiro atoms. The molecule has 0 radical (unpaired) electrons. The van der Waals surface area contributed by atoms with Gasteiger partial charge >= 0.3 is 0 Å². The Bertz CT molecular complexity index is 755. The number of benzene rings is 2. The summed E-state index contributed by atoms with van der Waals surface area (Å²) in [6.07, 6.45) is -0.514. The van der Waals surface area contributed by atoms with Gasteiger partial charge in [0.05, 0.1) is 5.69 Å². The Morgan fingerprint density at radius 1 is 1.23 bits per heavy atom. The van der Waals surface area contributed by atoms with Crippen molar-refractivity contribution in [2.75, 3.05) is 10.6 Å². The number of rotatable bonds is 2. The van der Waals surface area contributed by atoms with E-state index < -0.39 is 6.10 Å². The highest BCUT2D eigenvalue weighted by molar-refractivity contribution is 6.06. The van der Waals surface area contributed by atoms with Crippen LogP contribution in [-0.4, -0.2) is 17.9 Å². The van der Waals surface area contributed by atoms with E-state index in [0.717, 1.165) is 5.56 Å². The molecule has 112 valence electrons. The van der Waals surface area contributed by atoms with E-state index in [9.17, 15) is 9.59 Å². The fourth-order valence-corrected chi connectivity index (χ4v) is 2.31. The molecule has 1 aliphatic rings. The summed E-state index contributed by atoms with van der Waals surface area (Å²) in [5, 5.41) is 5.59. The number of aryl methyl sites for hydroxylation is 1. The minimum atomic E-state index is -0.514. The Morgan fingerprint density at radius 3 is 2.77 bits per heavy atom. The number of nitrogens with one attached hydrogen (secondary N) is 2. The van der Waals surface area contributed by atoms with E-state index >= 15 is 0 Å². The van der Waals surface area contributed by atoms with Crippen LogP contribution in [0.1, 0.15) is 22.8 Å². The molecule has 2 amide bonds. The molecule has 0 aliphatic carbocycles. The third-order valence-corrected chi connectivity index (χ3v) is 3.56.